The number of ether oxygens (including phenoxy) is 4. The largest absolute Gasteiger partial charge is 0.504 e. The zero-order valence-corrected chi connectivity index (χ0v) is 19.8. The number of amides is 1. The number of fused-ring (bicyclic) bond motifs is 1. The van der Waals surface area contributed by atoms with Crippen molar-refractivity contribution in [3.05, 3.63) is 28.8 Å². The number of carbonyl (C=O) groups excluding carboxylic acids is 1. The van der Waals surface area contributed by atoms with Crippen LogP contribution in [0.25, 0.3) is 0 Å². The van der Waals surface area contributed by atoms with E-state index in [1.54, 1.807) is 33.3 Å². The van der Waals surface area contributed by atoms with Crippen molar-refractivity contribution in [1.29, 1.82) is 0 Å². The van der Waals surface area contributed by atoms with Gasteiger partial charge in [-0.1, -0.05) is 0 Å². The number of benzene rings is 2. The van der Waals surface area contributed by atoms with Crippen molar-refractivity contribution < 1.29 is 28.8 Å². The van der Waals surface area contributed by atoms with Gasteiger partial charge in [0.1, 0.15) is 5.69 Å². The molecule has 10 nitrogen and oxygen atoms in total. The molecule has 1 atom stereocenters. The second kappa shape index (κ2) is 10.4. The van der Waals surface area contributed by atoms with Crippen LogP contribution in [0.1, 0.15) is 34.0 Å². The Bertz CT molecular complexity index is 1000. The fourth-order valence-electron chi connectivity index (χ4n) is 4.21. The zero-order valence-electron chi connectivity index (χ0n) is 19.8. The monoisotopic (exact) mass is 460 g/mol. The Kier molecular flexibility index (Phi) is 7.59. The molecule has 0 fully saturated rings. The molecule has 180 valence electrons. The normalized spacial score (nSPS) is 14.3. The molecule has 1 heterocycles. The first-order valence-electron chi connectivity index (χ1n) is 10.6. The highest BCUT2D eigenvalue weighted by Crippen LogP contribution is 2.51. The summed E-state index contributed by atoms with van der Waals surface area (Å²) in [5.41, 5.74) is 4.27. The predicted molar refractivity (Wildman–Crippen MR) is 127 cm³/mol. The number of aromatic hydroxyl groups is 1. The summed E-state index contributed by atoms with van der Waals surface area (Å²) in [6, 6.07) is 3.22. The van der Waals surface area contributed by atoms with Crippen LogP contribution in [0.4, 0.5) is 17.1 Å². The number of anilines is 3. The standard InChI is InChI=1S/C23H32N4O6/c1-24-18-13-11-33-14(17(13)19(25-2)20(26-3)21(18)28)7-8-27-23(29)12-9-15(30-4)22(32-6)16(10-12)31-5/h9-10,14,24-26,28H,7-8,11H2,1-6H3,(H,27,29). The maximum absolute atomic E-state index is 12.8. The molecule has 1 amide bonds. The highest BCUT2D eigenvalue weighted by Gasteiger charge is 2.32. The van der Waals surface area contributed by atoms with Crippen molar-refractivity contribution in [3.63, 3.8) is 0 Å². The molecule has 0 saturated heterocycles. The van der Waals surface area contributed by atoms with Gasteiger partial charge in [-0.05, 0) is 18.6 Å². The molecule has 1 aliphatic heterocycles. The van der Waals surface area contributed by atoms with Crippen LogP contribution in [0.5, 0.6) is 23.0 Å². The van der Waals surface area contributed by atoms with E-state index >= 15 is 0 Å². The Labute approximate surface area is 193 Å². The van der Waals surface area contributed by atoms with E-state index in [1.807, 2.05) is 0 Å². The summed E-state index contributed by atoms with van der Waals surface area (Å²) in [5.74, 6) is 1.12. The Morgan fingerprint density at radius 3 is 2.12 bits per heavy atom. The van der Waals surface area contributed by atoms with Crippen molar-refractivity contribution in [3.8, 4) is 23.0 Å². The minimum absolute atomic E-state index is 0.142. The van der Waals surface area contributed by atoms with Crippen LogP contribution in [0.2, 0.25) is 0 Å². The lowest BCUT2D eigenvalue weighted by Gasteiger charge is -2.21. The molecule has 33 heavy (non-hydrogen) atoms. The summed E-state index contributed by atoms with van der Waals surface area (Å²) < 4.78 is 22.0. The van der Waals surface area contributed by atoms with Gasteiger partial charge in [-0.25, -0.2) is 0 Å². The second-order valence-electron chi connectivity index (χ2n) is 7.37. The van der Waals surface area contributed by atoms with E-state index in [-0.39, 0.29) is 17.8 Å². The summed E-state index contributed by atoms with van der Waals surface area (Å²) in [5, 5.41) is 22.9. The fraction of sp³-hybridized carbons (Fsp3) is 0.435. The van der Waals surface area contributed by atoms with Crippen LogP contribution >= 0.6 is 0 Å². The molecular weight excluding hydrogens is 428 g/mol. The molecule has 0 spiro atoms. The molecule has 0 radical (unpaired) electrons. The van der Waals surface area contributed by atoms with Gasteiger partial charge in [0.25, 0.3) is 5.91 Å². The molecule has 1 aliphatic rings. The van der Waals surface area contributed by atoms with Gasteiger partial charge in [-0.3, -0.25) is 4.79 Å². The van der Waals surface area contributed by atoms with Crippen molar-refractivity contribution in [2.75, 3.05) is 65.0 Å². The first-order chi connectivity index (χ1) is 15.9. The lowest BCUT2D eigenvalue weighted by Crippen LogP contribution is -2.26. The predicted octanol–water partition coefficient (Wildman–Crippen LogP) is 2.93. The molecule has 0 aromatic heterocycles. The Morgan fingerprint density at radius 1 is 1.00 bits per heavy atom. The molecule has 3 rings (SSSR count). The second-order valence-corrected chi connectivity index (χ2v) is 7.37. The van der Waals surface area contributed by atoms with Crippen LogP contribution in [0.15, 0.2) is 12.1 Å². The quantitative estimate of drug-likeness (QED) is 0.341. The summed E-state index contributed by atoms with van der Waals surface area (Å²) in [4.78, 5) is 12.8. The van der Waals surface area contributed by atoms with Crippen molar-refractivity contribution in [2.45, 2.75) is 19.1 Å². The van der Waals surface area contributed by atoms with Crippen LogP contribution in [-0.2, 0) is 11.3 Å². The summed E-state index contributed by atoms with van der Waals surface area (Å²) in [6.45, 7) is 0.747. The smallest absolute Gasteiger partial charge is 0.251 e. The van der Waals surface area contributed by atoms with Crippen LogP contribution in [0, 0.1) is 0 Å². The summed E-state index contributed by atoms with van der Waals surface area (Å²) in [7, 11) is 9.84. The van der Waals surface area contributed by atoms with Gasteiger partial charge in [0, 0.05) is 44.4 Å². The first-order valence-corrected chi connectivity index (χ1v) is 10.6. The van der Waals surface area contributed by atoms with Crippen molar-refractivity contribution >= 4 is 23.0 Å². The van der Waals surface area contributed by atoms with Gasteiger partial charge in [-0.2, -0.15) is 0 Å². The van der Waals surface area contributed by atoms with Crippen molar-refractivity contribution in [2.24, 2.45) is 0 Å². The number of phenolic OH excluding ortho intramolecular Hbond substituents is 1. The van der Waals surface area contributed by atoms with Gasteiger partial charge >= 0.3 is 0 Å². The molecule has 0 saturated carbocycles. The maximum atomic E-state index is 12.8. The Morgan fingerprint density at radius 2 is 1.61 bits per heavy atom. The molecule has 10 heteroatoms. The topological polar surface area (TPSA) is 122 Å². The van der Waals surface area contributed by atoms with E-state index < -0.39 is 0 Å². The number of nitrogens with one attached hydrogen (secondary N) is 4. The Hall–Kier alpha value is -3.53. The SMILES string of the molecule is CNc1c(O)c(NC)c(NC)c2c1COC2CCNC(=O)c1cc(OC)c(OC)c(OC)c1. The van der Waals surface area contributed by atoms with Crippen LogP contribution in [-0.4, -0.2) is 60.0 Å². The third kappa shape index (κ3) is 4.38. The van der Waals surface area contributed by atoms with Crippen LogP contribution < -0.4 is 35.5 Å². The van der Waals surface area contributed by atoms with E-state index in [4.69, 9.17) is 18.9 Å². The van der Waals surface area contributed by atoms with E-state index in [2.05, 4.69) is 21.3 Å². The molecule has 2 aromatic carbocycles. The highest BCUT2D eigenvalue weighted by atomic mass is 16.5. The average Bonchev–Trinajstić information content (AvgIpc) is 3.25. The third-order valence-corrected chi connectivity index (χ3v) is 5.74. The number of phenols is 1. The number of rotatable bonds is 10. The number of methoxy groups -OCH3 is 3. The van der Waals surface area contributed by atoms with Gasteiger partial charge in [0.2, 0.25) is 5.75 Å². The molecule has 0 aliphatic carbocycles. The van der Waals surface area contributed by atoms with E-state index in [0.717, 1.165) is 16.8 Å². The van der Waals surface area contributed by atoms with E-state index in [0.29, 0.717) is 53.8 Å². The lowest BCUT2D eigenvalue weighted by atomic mass is 9.96. The number of hydrogen-bond acceptors (Lipinski definition) is 9. The first kappa shape index (κ1) is 24.1. The summed E-state index contributed by atoms with van der Waals surface area (Å²) in [6.07, 6.45) is 0.303. The third-order valence-electron chi connectivity index (χ3n) is 5.74. The van der Waals surface area contributed by atoms with Gasteiger partial charge in [0.05, 0.1) is 45.4 Å². The van der Waals surface area contributed by atoms with Gasteiger partial charge in [-0.15, -0.1) is 0 Å². The molecule has 1 unspecified atom stereocenters. The molecule has 5 N–H and O–H groups in total. The zero-order chi connectivity index (χ0) is 24.1. The van der Waals surface area contributed by atoms with Gasteiger partial charge < -0.3 is 45.3 Å². The lowest BCUT2D eigenvalue weighted by molar-refractivity contribution is 0.0598. The summed E-state index contributed by atoms with van der Waals surface area (Å²) >= 11 is 0. The van der Waals surface area contributed by atoms with E-state index in [9.17, 15) is 9.90 Å². The minimum Gasteiger partial charge on any atom is -0.504 e. The highest BCUT2D eigenvalue weighted by molar-refractivity contribution is 5.95. The maximum Gasteiger partial charge on any atom is 0.251 e. The van der Waals surface area contributed by atoms with Gasteiger partial charge in [0.15, 0.2) is 17.2 Å². The molecule has 0 bridgehead atoms. The fourth-order valence-corrected chi connectivity index (χ4v) is 4.21. The number of hydrogen-bond donors (Lipinski definition) is 5. The minimum atomic E-state index is -0.265. The molecular formula is C23H32N4O6. The number of carbonyl (C=O) groups is 1. The molecule has 2 aromatic rings. The average molecular weight is 461 g/mol. The van der Waals surface area contributed by atoms with Crippen LogP contribution in [0.3, 0.4) is 0 Å². The van der Waals surface area contributed by atoms with E-state index in [1.165, 1.54) is 21.3 Å². The Balaban J connectivity index is 1.78. The van der Waals surface area contributed by atoms with Crippen molar-refractivity contribution in [1.82, 2.24) is 5.32 Å².